The molecule has 0 saturated carbocycles. The average Bonchev–Trinajstić information content (AvgIpc) is 2.55. The van der Waals surface area contributed by atoms with Crippen molar-refractivity contribution in [3.8, 4) is 6.07 Å². The molecular formula is C15H21ClN4O3S. The fourth-order valence-corrected chi connectivity index (χ4v) is 3.60. The van der Waals surface area contributed by atoms with Crippen LogP contribution in [-0.4, -0.2) is 63.3 Å². The Hall–Kier alpha value is -1.66. The van der Waals surface area contributed by atoms with Gasteiger partial charge in [-0.2, -0.15) is 9.57 Å². The van der Waals surface area contributed by atoms with Gasteiger partial charge in [0.15, 0.2) is 0 Å². The van der Waals surface area contributed by atoms with Crippen molar-refractivity contribution in [2.45, 2.75) is 11.8 Å². The van der Waals surface area contributed by atoms with E-state index in [4.69, 9.17) is 5.26 Å². The Bertz CT molecular complexity index is 740. The molecule has 0 unspecified atom stereocenters. The molecule has 132 valence electrons. The molecule has 1 aliphatic heterocycles. The highest BCUT2D eigenvalue weighted by molar-refractivity contribution is 7.89. The molecule has 0 spiro atoms. The molecule has 1 fully saturated rings. The minimum atomic E-state index is -3.76. The number of likely N-dealkylation sites (N-methyl/N-ethyl adjacent to an activating group) is 1. The number of nitriles is 1. The second-order valence-electron chi connectivity index (χ2n) is 5.48. The summed E-state index contributed by atoms with van der Waals surface area (Å²) in [5.41, 5.74) is 1.03. The van der Waals surface area contributed by atoms with E-state index in [1.54, 1.807) is 11.8 Å². The van der Waals surface area contributed by atoms with Gasteiger partial charge in [0.2, 0.25) is 15.9 Å². The Morgan fingerprint density at radius 1 is 1.38 bits per heavy atom. The molecule has 0 aromatic heterocycles. The number of nitrogens with one attached hydrogen (secondary N) is 1. The van der Waals surface area contributed by atoms with E-state index >= 15 is 0 Å². The van der Waals surface area contributed by atoms with Gasteiger partial charge < -0.3 is 10.2 Å². The van der Waals surface area contributed by atoms with Crippen LogP contribution < -0.4 is 5.32 Å². The van der Waals surface area contributed by atoms with Crippen LogP contribution in [0.3, 0.4) is 0 Å². The summed E-state index contributed by atoms with van der Waals surface area (Å²) in [5, 5.41) is 12.1. The largest absolute Gasteiger partial charge is 0.339 e. The van der Waals surface area contributed by atoms with E-state index in [0.717, 1.165) is 17.4 Å². The van der Waals surface area contributed by atoms with Gasteiger partial charge in [-0.15, -0.1) is 12.4 Å². The lowest BCUT2D eigenvalue weighted by molar-refractivity contribution is -0.131. The molecule has 0 atom stereocenters. The number of piperazine rings is 1. The number of aryl methyl sites for hydroxylation is 1. The predicted molar refractivity (Wildman–Crippen MR) is 92.4 cm³/mol. The topological polar surface area (TPSA) is 93.5 Å². The molecule has 0 bridgehead atoms. The van der Waals surface area contributed by atoms with E-state index in [1.807, 2.05) is 6.07 Å². The van der Waals surface area contributed by atoms with Crippen molar-refractivity contribution in [3.05, 3.63) is 29.3 Å². The van der Waals surface area contributed by atoms with Crippen molar-refractivity contribution in [2.75, 3.05) is 39.8 Å². The van der Waals surface area contributed by atoms with Gasteiger partial charge in [0.1, 0.15) is 0 Å². The number of rotatable bonds is 4. The Morgan fingerprint density at radius 2 is 2.00 bits per heavy atom. The maximum atomic E-state index is 12.6. The molecule has 1 aromatic rings. The van der Waals surface area contributed by atoms with Crippen LogP contribution >= 0.6 is 12.4 Å². The van der Waals surface area contributed by atoms with Gasteiger partial charge in [0.25, 0.3) is 0 Å². The smallest absolute Gasteiger partial charge is 0.243 e. The summed E-state index contributed by atoms with van der Waals surface area (Å²) in [6.07, 6.45) is 0. The molecule has 1 amide bonds. The van der Waals surface area contributed by atoms with Gasteiger partial charge in [-0.3, -0.25) is 4.79 Å². The number of sulfonamides is 1. The Morgan fingerprint density at radius 3 is 2.54 bits per heavy atom. The quantitative estimate of drug-likeness (QED) is 0.822. The van der Waals surface area contributed by atoms with Crippen molar-refractivity contribution >= 4 is 28.3 Å². The lowest BCUT2D eigenvalue weighted by atomic mass is 10.1. The second-order valence-corrected chi connectivity index (χ2v) is 7.53. The third-order valence-electron chi connectivity index (χ3n) is 3.85. The van der Waals surface area contributed by atoms with Gasteiger partial charge in [0, 0.05) is 33.2 Å². The number of halogens is 1. The molecular weight excluding hydrogens is 352 g/mol. The average molecular weight is 373 g/mol. The lowest BCUT2D eigenvalue weighted by Gasteiger charge is -2.29. The summed E-state index contributed by atoms with van der Waals surface area (Å²) in [6.45, 7) is 4.10. The van der Waals surface area contributed by atoms with E-state index in [1.165, 1.54) is 25.2 Å². The number of carbonyl (C=O) groups is 1. The van der Waals surface area contributed by atoms with Crippen LogP contribution in [0.25, 0.3) is 0 Å². The second kappa shape index (κ2) is 8.44. The molecule has 1 N–H and O–H groups in total. The van der Waals surface area contributed by atoms with Crippen LogP contribution in [0.1, 0.15) is 11.1 Å². The molecule has 1 heterocycles. The first kappa shape index (κ1) is 20.4. The van der Waals surface area contributed by atoms with Crippen LogP contribution in [0.5, 0.6) is 0 Å². The fraction of sp³-hybridized carbons (Fsp3) is 0.467. The summed E-state index contributed by atoms with van der Waals surface area (Å²) in [5.74, 6) is -0.206. The standard InChI is InChI=1S/C15H20N4O3S.ClH/c1-12-9-14(4-3-13(12)10-16)23(21,22)18(2)11-15(20)19-7-5-17-6-8-19;/h3-4,9,17H,5-8,11H2,1-2H3;1H. The first-order valence-electron chi connectivity index (χ1n) is 7.32. The summed E-state index contributed by atoms with van der Waals surface area (Å²) in [6, 6.07) is 6.34. The number of carbonyl (C=O) groups excluding carboxylic acids is 1. The summed E-state index contributed by atoms with van der Waals surface area (Å²) in [4.78, 5) is 13.9. The molecule has 1 saturated heterocycles. The highest BCUT2D eigenvalue weighted by atomic mass is 35.5. The number of nitrogens with zero attached hydrogens (tertiary/aromatic N) is 3. The maximum Gasteiger partial charge on any atom is 0.243 e. The summed E-state index contributed by atoms with van der Waals surface area (Å²) in [7, 11) is -2.37. The minimum Gasteiger partial charge on any atom is -0.339 e. The first-order chi connectivity index (χ1) is 10.9. The molecule has 0 aliphatic carbocycles. The number of hydrogen-bond acceptors (Lipinski definition) is 5. The molecule has 24 heavy (non-hydrogen) atoms. The van der Waals surface area contributed by atoms with Gasteiger partial charge in [-0.05, 0) is 30.7 Å². The van der Waals surface area contributed by atoms with Gasteiger partial charge in [-0.1, -0.05) is 0 Å². The Balaban J connectivity index is 0.00000288. The van der Waals surface area contributed by atoms with Gasteiger partial charge in [-0.25, -0.2) is 8.42 Å². The van der Waals surface area contributed by atoms with Crippen LogP contribution in [-0.2, 0) is 14.8 Å². The van der Waals surface area contributed by atoms with Gasteiger partial charge in [0.05, 0.1) is 23.1 Å². The monoisotopic (exact) mass is 372 g/mol. The third kappa shape index (κ3) is 4.45. The Labute approximate surface area is 148 Å². The van der Waals surface area contributed by atoms with Crippen molar-refractivity contribution in [3.63, 3.8) is 0 Å². The minimum absolute atomic E-state index is 0. The van der Waals surface area contributed by atoms with E-state index in [0.29, 0.717) is 24.2 Å². The number of benzene rings is 1. The summed E-state index contributed by atoms with van der Waals surface area (Å²) < 4.78 is 26.2. The Kier molecular flexibility index (Phi) is 7.17. The molecule has 9 heteroatoms. The van der Waals surface area contributed by atoms with Crippen LogP contribution in [0.2, 0.25) is 0 Å². The normalized spacial score (nSPS) is 14.8. The number of hydrogen-bond donors (Lipinski definition) is 1. The lowest BCUT2D eigenvalue weighted by Crippen LogP contribution is -2.49. The molecule has 7 nitrogen and oxygen atoms in total. The maximum absolute atomic E-state index is 12.6. The van der Waals surface area contributed by atoms with Gasteiger partial charge >= 0.3 is 0 Å². The van der Waals surface area contributed by atoms with Crippen molar-refractivity contribution in [2.24, 2.45) is 0 Å². The third-order valence-corrected chi connectivity index (χ3v) is 5.65. The first-order valence-corrected chi connectivity index (χ1v) is 8.76. The van der Waals surface area contributed by atoms with E-state index in [9.17, 15) is 13.2 Å². The number of amides is 1. The van der Waals surface area contributed by atoms with Crippen LogP contribution in [0.4, 0.5) is 0 Å². The predicted octanol–water partition coefficient (Wildman–Crippen LogP) is 0.341. The van der Waals surface area contributed by atoms with Crippen molar-refractivity contribution < 1.29 is 13.2 Å². The fourth-order valence-electron chi connectivity index (χ4n) is 2.39. The molecule has 1 aromatic carbocycles. The van der Waals surface area contributed by atoms with Crippen molar-refractivity contribution in [1.29, 1.82) is 5.26 Å². The van der Waals surface area contributed by atoms with Crippen LogP contribution in [0, 0.1) is 18.3 Å². The van der Waals surface area contributed by atoms with Crippen LogP contribution in [0.15, 0.2) is 23.1 Å². The SMILES string of the molecule is Cc1cc(S(=O)(=O)N(C)CC(=O)N2CCNCC2)ccc1C#N.Cl. The molecule has 0 radical (unpaired) electrons. The zero-order valence-corrected chi connectivity index (χ0v) is 15.3. The zero-order chi connectivity index (χ0) is 17.0. The molecule has 1 aliphatic rings. The summed E-state index contributed by atoms with van der Waals surface area (Å²) >= 11 is 0. The van der Waals surface area contributed by atoms with E-state index < -0.39 is 10.0 Å². The zero-order valence-electron chi connectivity index (χ0n) is 13.7. The van der Waals surface area contributed by atoms with Crippen molar-refractivity contribution in [1.82, 2.24) is 14.5 Å². The molecule has 2 rings (SSSR count). The van der Waals surface area contributed by atoms with E-state index in [2.05, 4.69) is 5.32 Å². The highest BCUT2D eigenvalue weighted by Gasteiger charge is 2.26. The highest BCUT2D eigenvalue weighted by Crippen LogP contribution is 2.18. The van der Waals surface area contributed by atoms with E-state index in [-0.39, 0.29) is 29.8 Å².